The number of phosphoric acid groups is 1. The molecule has 0 aliphatic heterocycles. The first-order valence-corrected chi connectivity index (χ1v) is 29.7. The number of carbonyl (C=O) groups is 3. The van der Waals surface area contributed by atoms with E-state index in [-0.39, 0.29) is 25.9 Å². The number of aliphatic hydroxyl groups excluding tert-OH is 1. The molecule has 0 radical (unpaired) electrons. The number of aliphatic hydroxyl groups is 1. The van der Waals surface area contributed by atoms with E-state index in [0.717, 1.165) is 122 Å². The molecule has 0 aliphatic rings. The Morgan fingerprint density at radius 2 is 0.729 bits per heavy atom. The second kappa shape index (κ2) is 52.5. The standard InChI is InChI=1S/C58H103O11P/c1-4-7-10-13-16-19-22-24-25-26-27-28-29-31-33-35-38-41-44-47-56(60)65-51-55(69-58(62)49-46-43-40-37-34-30-23-20-17-14-11-8-5-2)53-67-70(63,64)66-52-54(50-59)68-57(61)48-45-42-39-36-32-21-18-15-12-9-6-3/h11,14,16,19-20,23-25,27-28,54-55,59H,4-10,12-13,15,17-18,21-22,26,29-53H2,1-3H3,(H,63,64)/b14-11-,19-16-,23-20-,25-24-,28-27-. The van der Waals surface area contributed by atoms with E-state index in [1.165, 1.54) is 70.6 Å². The molecular formula is C58H103O11P. The van der Waals surface area contributed by atoms with Crippen LogP contribution in [-0.2, 0) is 42.2 Å². The third-order valence-corrected chi connectivity index (χ3v) is 12.8. The van der Waals surface area contributed by atoms with Gasteiger partial charge in [0.25, 0.3) is 0 Å². The summed E-state index contributed by atoms with van der Waals surface area (Å²) in [6.45, 7) is 4.52. The molecule has 0 rings (SSSR count). The van der Waals surface area contributed by atoms with E-state index in [1.54, 1.807) is 0 Å². The van der Waals surface area contributed by atoms with Crippen molar-refractivity contribution < 1.29 is 52.2 Å². The predicted molar refractivity (Wildman–Crippen MR) is 288 cm³/mol. The van der Waals surface area contributed by atoms with Gasteiger partial charge in [-0.05, 0) is 83.5 Å². The summed E-state index contributed by atoms with van der Waals surface area (Å²) >= 11 is 0. The minimum atomic E-state index is -4.75. The number of esters is 3. The largest absolute Gasteiger partial charge is 0.472 e. The fraction of sp³-hybridized carbons (Fsp3) is 0.776. The third kappa shape index (κ3) is 50.1. The molecule has 0 aromatic rings. The Kier molecular flexibility index (Phi) is 50.4. The first kappa shape index (κ1) is 67.2. The molecule has 0 bridgehead atoms. The van der Waals surface area contributed by atoms with Crippen LogP contribution in [0.5, 0.6) is 0 Å². The number of carbonyl (C=O) groups excluding carboxylic acids is 3. The lowest BCUT2D eigenvalue weighted by Crippen LogP contribution is -2.30. The van der Waals surface area contributed by atoms with Gasteiger partial charge in [0.15, 0.2) is 6.10 Å². The SMILES string of the molecule is CCC/C=C\C/C=C\CCCCCCCC(=O)OC(COC(=O)CCCCCCCC/C=C\C/C=C\C/C=C\CCCCC)COP(=O)(O)OCC(CO)OC(=O)CCCCCCCCCCCCC. The molecule has 0 aromatic heterocycles. The number of phosphoric ester groups is 1. The maximum absolute atomic E-state index is 12.9. The highest BCUT2D eigenvalue weighted by atomic mass is 31.2. The zero-order chi connectivity index (χ0) is 51.3. The van der Waals surface area contributed by atoms with Crippen LogP contribution in [0, 0.1) is 0 Å². The van der Waals surface area contributed by atoms with E-state index in [1.807, 2.05) is 0 Å². The number of rotatable bonds is 52. The van der Waals surface area contributed by atoms with Crippen LogP contribution in [0.1, 0.15) is 252 Å². The molecule has 0 amide bonds. The van der Waals surface area contributed by atoms with Crippen molar-refractivity contribution in [3.8, 4) is 0 Å². The Morgan fingerprint density at radius 1 is 0.400 bits per heavy atom. The topological polar surface area (TPSA) is 155 Å². The molecule has 0 aromatic carbocycles. The molecule has 12 heteroatoms. The van der Waals surface area contributed by atoms with Crippen molar-refractivity contribution in [3.05, 3.63) is 60.8 Å². The zero-order valence-corrected chi connectivity index (χ0v) is 45.6. The lowest BCUT2D eigenvalue weighted by Gasteiger charge is -2.21. The normalized spacial score (nSPS) is 13.8. The predicted octanol–water partition coefficient (Wildman–Crippen LogP) is 16.4. The van der Waals surface area contributed by atoms with Gasteiger partial charge in [0.2, 0.25) is 0 Å². The van der Waals surface area contributed by atoms with Gasteiger partial charge in [-0.25, -0.2) is 4.57 Å². The van der Waals surface area contributed by atoms with Gasteiger partial charge in [-0.15, -0.1) is 0 Å². The number of unbranched alkanes of at least 4 members (excludes halogenated alkanes) is 25. The van der Waals surface area contributed by atoms with Crippen molar-refractivity contribution in [2.24, 2.45) is 0 Å². The average molecular weight is 1010 g/mol. The number of allylic oxidation sites excluding steroid dienone is 10. The maximum atomic E-state index is 12.9. The van der Waals surface area contributed by atoms with E-state index in [0.29, 0.717) is 19.3 Å². The number of ether oxygens (including phenoxy) is 3. The molecule has 3 atom stereocenters. The van der Waals surface area contributed by atoms with E-state index in [4.69, 9.17) is 23.3 Å². The van der Waals surface area contributed by atoms with Crippen LogP contribution in [0.25, 0.3) is 0 Å². The van der Waals surface area contributed by atoms with Crippen molar-refractivity contribution >= 4 is 25.7 Å². The summed E-state index contributed by atoms with van der Waals surface area (Å²) in [4.78, 5) is 48.4. The quantitative estimate of drug-likeness (QED) is 0.0197. The average Bonchev–Trinajstić information content (AvgIpc) is 3.35. The number of hydrogen-bond donors (Lipinski definition) is 2. The lowest BCUT2D eigenvalue weighted by molar-refractivity contribution is -0.161. The Bertz CT molecular complexity index is 1410. The van der Waals surface area contributed by atoms with E-state index in [9.17, 15) is 28.9 Å². The van der Waals surface area contributed by atoms with Crippen molar-refractivity contribution in [1.29, 1.82) is 0 Å². The summed E-state index contributed by atoms with van der Waals surface area (Å²) in [5, 5.41) is 9.78. The second-order valence-corrected chi connectivity index (χ2v) is 20.2. The molecule has 0 spiro atoms. The molecule has 11 nitrogen and oxygen atoms in total. The fourth-order valence-electron chi connectivity index (χ4n) is 7.58. The van der Waals surface area contributed by atoms with Gasteiger partial charge in [-0.1, -0.05) is 210 Å². The Hall–Kier alpha value is -2.82. The first-order chi connectivity index (χ1) is 34.2. The molecule has 0 fully saturated rings. The van der Waals surface area contributed by atoms with Gasteiger partial charge < -0.3 is 24.2 Å². The summed E-state index contributed by atoms with van der Waals surface area (Å²) in [6.07, 6.45) is 56.1. The molecular weight excluding hydrogens is 904 g/mol. The first-order valence-electron chi connectivity index (χ1n) is 28.2. The van der Waals surface area contributed by atoms with Gasteiger partial charge in [0.05, 0.1) is 19.8 Å². The minimum absolute atomic E-state index is 0.148. The smallest absolute Gasteiger partial charge is 0.462 e. The van der Waals surface area contributed by atoms with E-state index in [2.05, 4.69) is 81.5 Å². The summed E-state index contributed by atoms with van der Waals surface area (Å²) < 4.78 is 39.4. The summed E-state index contributed by atoms with van der Waals surface area (Å²) in [5.74, 6) is -1.49. The lowest BCUT2D eigenvalue weighted by atomic mass is 10.1. The minimum Gasteiger partial charge on any atom is -0.462 e. The van der Waals surface area contributed by atoms with Crippen molar-refractivity contribution in [2.75, 3.05) is 26.4 Å². The third-order valence-electron chi connectivity index (χ3n) is 11.9. The van der Waals surface area contributed by atoms with Crippen LogP contribution < -0.4 is 0 Å². The van der Waals surface area contributed by atoms with Crippen LogP contribution in [-0.4, -0.2) is 66.5 Å². The van der Waals surface area contributed by atoms with E-state index < -0.39 is 57.8 Å². The zero-order valence-electron chi connectivity index (χ0n) is 44.7. The summed E-state index contributed by atoms with van der Waals surface area (Å²) in [7, 11) is -4.75. The van der Waals surface area contributed by atoms with Crippen LogP contribution >= 0.6 is 7.82 Å². The molecule has 0 saturated carbocycles. The maximum Gasteiger partial charge on any atom is 0.472 e. The van der Waals surface area contributed by atoms with Crippen molar-refractivity contribution in [1.82, 2.24) is 0 Å². The highest BCUT2D eigenvalue weighted by molar-refractivity contribution is 7.47. The molecule has 406 valence electrons. The van der Waals surface area contributed by atoms with Crippen LogP contribution in [0.3, 0.4) is 0 Å². The van der Waals surface area contributed by atoms with Crippen LogP contribution in [0.2, 0.25) is 0 Å². The number of hydrogen-bond acceptors (Lipinski definition) is 10. The molecule has 0 aliphatic carbocycles. The van der Waals surface area contributed by atoms with Gasteiger partial charge in [0.1, 0.15) is 12.7 Å². The summed E-state index contributed by atoms with van der Waals surface area (Å²) in [5.41, 5.74) is 0. The second-order valence-electron chi connectivity index (χ2n) is 18.7. The Balaban J connectivity index is 4.73. The van der Waals surface area contributed by atoms with Gasteiger partial charge >= 0.3 is 25.7 Å². The van der Waals surface area contributed by atoms with Gasteiger partial charge in [-0.2, -0.15) is 0 Å². The fourth-order valence-corrected chi connectivity index (χ4v) is 8.36. The highest BCUT2D eigenvalue weighted by Crippen LogP contribution is 2.43. The van der Waals surface area contributed by atoms with Crippen LogP contribution in [0.4, 0.5) is 0 Å². The molecule has 3 unspecified atom stereocenters. The van der Waals surface area contributed by atoms with Gasteiger partial charge in [-0.3, -0.25) is 23.4 Å². The summed E-state index contributed by atoms with van der Waals surface area (Å²) in [6, 6.07) is 0. The van der Waals surface area contributed by atoms with Crippen LogP contribution in [0.15, 0.2) is 60.8 Å². The molecule has 0 saturated heterocycles. The monoisotopic (exact) mass is 1010 g/mol. The molecule has 0 heterocycles. The van der Waals surface area contributed by atoms with Gasteiger partial charge in [0, 0.05) is 19.3 Å². The van der Waals surface area contributed by atoms with E-state index >= 15 is 0 Å². The van der Waals surface area contributed by atoms with Crippen molar-refractivity contribution in [2.45, 2.75) is 264 Å². The molecule has 2 N–H and O–H groups in total. The highest BCUT2D eigenvalue weighted by Gasteiger charge is 2.28. The van der Waals surface area contributed by atoms with Crippen molar-refractivity contribution in [3.63, 3.8) is 0 Å². The Labute approximate surface area is 427 Å². The molecule has 70 heavy (non-hydrogen) atoms. The Morgan fingerprint density at radius 3 is 1.16 bits per heavy atom.